The molecule has 8 N–H and O–H groups in total. The van der Waals surface area contributed by atoms with E-state index >= 15 is 0 Å². The average molecular weight is 316 g/mol. The summed E-state index contributed by atoms with van der Waals surface area (Å²) in [5, 5.41) is 41.9. The molecule has 0 saturated carbocycles. The quantitative estimate of drug-likeness (QED) is 0.314. The second-order valence-corrected chi connectivity index (χ2v) is 2.52. The van der Waals surface area contributed by atoms with Crippen molar-refractivity contribution in [1.82, 2.24) is 5.32 Å². The van der Waals surface area contributed by atoms with Crippen LogP contribution in [0.1, 0.15) is 32.1 Å². The molecule has 1 heterocycles. The number of nitrogens with one attached hydrogen (secondary N) is 8. The highest BCUT2D eigenvalue weighted by atomic mass is 14.8. The Bertz CT molecular complexity index is 94.4. The van der Waals surface area contributed by atoms with Crippen LogP contribution in [-0.4, -0.2) is 60.1 Å². The Morgan fingerprint density at radius 2 is 0.545 bits per heavy atom. The van der Waals surface area contributed by atoms with Crippen molar-refractivity contribution < 1.29 is 0 Å². The topological polar surface area (TPSA) is 179 Å². The lowest BCUT2D eigenvalue weighted by Gasteiger charge is -2.08. The first-order chi connectivity index (χ1) is 11.0. The molecule has 0 aromatic carbocycles. The molecule has 132 valence electrons. The van der Waals surface area contributed by atoms with Crippen LogP contribution in [0.15, 0.2) is 0 Å². The third kappa shape index (κ3) is 153. The van der Waals surface area contributed by atoms with Gasteiger partial charge in [0.1, 0.15) is 0 Å². The van der Waals surface area contributed by atoms with Gasteiger partial charge in [-0.3, -0.25) is 0 Å². The average Bonchev–Trinajstić information content (AvgIpc) is 2.66. The molecule has 22 heavy (non-hydrogen) atoms. The smallest absolute Gasteiger partial charge is 0.00489 e. The molecule has 0 aromatic heterocycles. The van der Waals surface area contributed by atoms with Crippen molar-refractivity contribution in [3.63, 3.8) is 0 Å². The Balaban J connectivity index is -0.0000000276. The summed E-state index contributed by atoms with van der Waals surface area (Å²) in [6.07, 6.45) is 7.11. The summed E-state index contributed by atoms with van der Waals surface area (Å²) in [6.45, 7) is 20.0. The largest absolute Gasteiger partial charge is 0.317 e. The summed E-state index contributed by atoms with van der Waals surface area (Å²) in [6, 6.07) is 0. The maximum atomic E-state index is 5.50. The summed E-state index contributed by atoms with van der Waals surface area (Å²) < 4.78 is 0. The Kier molecular flexibility index (Phi) is 353. The summed E-state index contributed by atoms with van der Waals surface area (Å²) in [7, 11) is 0. The fourth-order valence-electron chi connectivity index (χ4n) is 1.16. The zero-order valence-electron chi connectivity index (χ0n) is 13.9. The highest BCUT2D eigenvalue weighted by molar-refractivity contribution is 5.16. The molecular formula is C14H36N8. The lowest BCUT2D eigenvalue weighted by Crippen LogP contribution is -2.18. The van der Waals surface area contributed by atoms with E-state index in [9.17, 15) is 0 Å². The first kappa shape index (κ1) is 42.7. The molecule has 0 aromatic rings. The molecule has 0 atom stereocenters. The van der Waals surface area contributed by atoms with Gasteiger partial charge in [-0.05, 0) is 73.0 Å². The van der Waals surface area contributed by atoms with Gasteiger partial charge in [-0.1, -0.05) is 19.3 Å². The van der Waals surface area contributed by atoms with Gasteiger partial charge < -0.3 is 43.2 Å². The van der Waals surface area contributed by atoms with Gasteiger partial charge in [0, 0.05) is 0 Å². The lowest BCUT2D eigenvalue weighted by molar-refractivity contribution is 0.516. The highest BCUT2D eigenvalue weighted by Crippen LogP contribution is 2.03. The fraction of sp³-hybridized carbons (Fsp3) is 0.500. The normalized spacial score (nSPS) is 10.0. The predicted octanol–water partition coefficient (Wildman–Crippen LogP) is 3.40. The molecule has 1 rings (SSSR count). The third-order valence-electron chi connectivity index (χ3n) is 1.71. The monoisotopic (exact) mass is 316 g/mol. The summed E-state index contributed by atoms with van der Waals surface area (Å²) in [5.74, 6) is 0. The van der Waals surface area contributed by atoms with Crippen molar-refractivity contribution in [3.05, 3.63) is 0 Å². The van der Waals surface area contributed by atoms with E-state index in [0.717, 1.165) is 0 Å². The van der Waals surface area contributed by atoms with Crippen LogP contribution in [0.2, 0.25) is 0 Å². The van der Waals surface area contributed by atoms with Gasteiger partial charge in [0.15, 0.2) is 0 Å². The molecule has 0 bridgehead atoms. The van der Waals surface area contributed by atoms with Gasteiger partial charge in [-0.15, -0.1) is 0 Å². The van der Waals surface area contributed by atoms with E-state index in [0.29, 0.717) is 0 Å². The zero-order valence-corrected chi connectivity index (χ0v) is 13.9. The van der Waals surface area contributed by atoms with E-state index < -0.39 is 0 Å². The van der Waals surface area contributed by atoms with Crippen molar-refractivity contribution >= 4 is 47.0 Å². The van der Waals surface area contributed by atoms with Crippen LogP contribution in [0.3, 0.4) is 0 Å². The molecule has 1 fully saturated rings. The summed E-state index contributed by atoms with van der Waals surface area (Å²) in [5.41, 5.74) is 0. The van der Waals surface area contributed by atoms with Gasteiger partial charge >= 0.3 is 0 Å². The van der Waals surface area contributed by atoms with E-state index in [1.807, 2.05) is 0 Å². The second-order valence-electron chi connectivity index (χ2n) is 2.52. The number of hydrogen-bond donors (Lipinski definition) is 8. The molecule has 0 amide bonds. The first-order valence-corrected chi connectivity index (χ1v) is 6.18. The van der Waals surface area contributed by atoms with Crippen molar-refractivity contribution in [2.75, 3.05) is 13.1 Å². The van der Waals surface area contributed by atoms with Gasteiger partial charge in [0.25, 0.3) is 0 Å². The number of rotatable bonds is 0. The molecule has 0 unspecified atom stereocenters. The molecule has 1 aliphatic rings. The maximum Gasteiger partial charge on any atom is -0.00489 e. The Morgan fingerprint density at radius 1 is 0.364 bits per heavy atom. The molecule has 0 aliphatic carbocycles. The van der Waals surface area contributed by atoms with Crippen LogP contribution >= 0.6 is 0 Å². The molecule has 8 nitrogen and oxygen atoms in total. The molecule has 8 heteroatoms. The van der Waals surface area contributed by atoms with Crippen molar-refractivity contribution in [2.24, 2.45) is 0 Å². The second kappa shape index (κ2) is 182. The zero-order chi connectivity index (χ0) is 19.7. The van der Waals surface area contributed by atoms with Crippen LogP contribution in [-0.2, 0) is 0 Å². The Labute approximate surface area is 136 Å². The van der Waals surface area contributed by atoms with Crippen molar-refractivity contribution in [3.8, 4) is 0 Å². The number of hydrogen-bond acceptors (Lipinski definition) is 8. The maximum absolute atomic E-state index is 5.50. The van der Waals surface area contributed by atoms with Gasteiger partial charge in [-0.2, -0.15) is 0 Å². The standard InChI is InChI=1S/C7H15N.7CH3N/c1-2-4-6-8-7-5-3-1;7*1-2/h8H,1-7H2;7*2H,1H2. The van der Waals surface area contributed by atoms with Crippen molar-refractivity contribution in [2.45, 2.75) is 32.1 Å². The van der Waals surface area contributed by atoms with Crippen LogP contribution < -0.4 is 5.32 Å². The molecule has 1 aliphatic heterocycles. The van der Waals surface area contributed by atoms with Crippen LogP contribution in [0.5, 0.6) is 0 Å². The molecule has 0 spiro atoms. The van der Waals surface area contributed by atoms with E-state index in [4.69, 9.17) is 37.9 Å². The fourth-order valence-corrected chi connectivity index (χ4v) is 1.16. The Morgan fingerprint density at radius 3 is 0.773 bits per heavy atom. The third-order valence-corrected chi connectivity index (χ3v) is 1.71. The minimum absolute atomic E-state index is 1.25. The van der Waals surface area contributed by atoms with Crippen LogP contribution in [0.4, 0.5) is 0 Å². The SMILES string of the molecule is C1CCCNCCC1.C=N.C=N.C=N.C=N.C=N.C=N.C=N. The summed E-state index contributed by atoms with van der Waals surface area (Å²) >= 11 is 0. The predicted molar refractivity (Wildman–Crippen MR) is 105 cm³/mol. The minimum Gasteiger partial charge on any atom is -0.317 e. The van der Waals surface area contributed by atoms with Gasteiger partial charge in [0.05, 0.1) is 0 Å². The van der Waals surface area contributed by atoms with E-state index in [2.05, 4.69) is 52.3 Å². The van der Waals surface area contributed by atoms with Crippen LogP contribution in [0.25, 0.3) is 0 Å². The molecule has 1 saturated heterocycles. The minimum atomic E-state index is 1.25. The van der Waals surface area contributed by atoms with E-state index in [1.54, 1.807) is 0 Å². The highest BCUT2D eigenvalue weighted by Gasteiger charge is 1.94. The van der Waals surface area contributed by atoms with E-state index in [-0.39, 0.29) is 0 Å². The van der Waals surface area contributed by atoms with Gasteiger partial charge in [-0.25, -0.2) is 0 Å². The van der Waals surface area contributed by atoms with E-state index in [1.165, 1.54) is 45.2 Å². The van der Waals surface area contributed by atoms with Gasteiger partial charge in [0.2, 0.25) is 0 Å². The molecular weight excluding hydrogens is 280 g/mol. The Hall–Kier alpha value is -2.35. The lowest BCUT2D eigenvalue weighted by atomic mass is 10.1. The van der Waals surface area contributed by atoms with Crippen molar-refractivity contribution in [1.29, 1.82) is 37.9 Å². The first-order valence-electron chi connectivity index (χ1n) is 6.18. The van der Waals surface area contributed by atoms with Crippen LogP contribution in [0, 0.1) is 37.9 Å². The molecule has 0 radical (unpaired) electrons. The summed E-state index contributed by atoms with van der Waals surface area (Å²) in [4.78, 5) is 0.